The Labute approximate surface area is 153 Å². The first-order valence-corrected chi connectivity index (χ1v) is 8.90. The summed E-state index contributed by atoms with van der Waals surface area (Å²) < 4.78 is 6.33. The van der Waals surface area contributed by atoms with Crippen molar-refractivity contribution in [3.05, 3.63) is 63.6 Å². The van der Waals surface area contributed by atoms with Crippen LogP contribution < -0.4 is 4.74 Å². The van der Waals surface area contributed by atoms with Gasteiger partial charge in [0.1, 0.15) is 5.75 Å². The first-order chi connectivity index (χ1) is 11.0. The van der Waals surface area contributed by atoms with Gasteiger partial charge in [-0.2, -0.15) is 0 Å². The van der Waals surface area contributed by atoms with Crippen molar-refractivity contribution in [3.63, 3.8) is 0 Å². The van der Waals surface area contributed by atoms with Crippen LogP contribution in [-0.2, 0) is 10.8 Å². The second kappa shape index (κ2) is 6.72. The highest BCUT2D eigenvalue weighted by Crippen LogP contribution is 2.32. The van der Waals surface area contributed by atoms with Gasteiger partial charge in [-0.3, -0.25) is 0 Å². The molecule has 2 aromatic rings. The van der Waals surface area contributed by atoms with Crippen LogP contribution in [0.4, 0.5) is 0 Å². The SMILES string of the molecule is CC(C)(C)c1ccc(C(=O)Oc2ccc(C(C)(C)C)cc2Br)cc1. The molecule has 0 atom stereocenters. The largest absolute Gasteiger partial charge is 0.422 e. The van der Waals surface area contributed by atoms with Gasteiger partial charge in [-0.05, 0) is 62.2 Å². The van der Waals surface area contributed by atoms with Crippen molar-refractivity contribution in [3.8, 4) is 5.75 Å². The van der Waals surface area contributed by atoms with Gasteiger partial charge in [0.2, 0.25) is 0 Å². The molecule has 0 spiro atoms. The van der Waals surface area contributed by atoms with E-state index in [2.05, 4.69) is 57.5 Å². The number of esters is 1. The van der Waals surface area contributed by atoms with Crippen LogP contribution in [0.15, 0.2) is 46.9 Å². The molecule has 0 heterocycles. The molecule has 0 unspecified atom stereocenters. The smallest absolute Gasteiger partial charge is 0.343 e. The first kappa shape index (κ1) is 18.7. The van der Waals surface area contributed by atoms with E-state index in [-0.39, 0.29) is 16.8 Å². The van der Waals surface area contributed by atoms with E-state index in [4.69, 9.17) is 4.74 Å². The number of carbonyl (C=O) groups excluding carboxylic acids is 1. The van der Waals surface area contributed by atoms with E-state index >= 15 is 0 Å². The number of ether oxygens (including phenoxy) is 1. The van der Waals surface area contributed by atoms with Crippen molar-refractivity contribution in [2.45, 2.75) is 52.4 Å². The lowest BCUT2D eigenvalue weighted by atomic mass is 9.87. The fraction of sp³-hybridized carbons (Fsp3) is 0.381. The molecule has 2 aromatic carbocycles. The Balaban J connectivity index is 2.18. The van der Waals surface area contributed by atoms with Crippen molar-refractivity contribution in [2.24, 2.45) is 0 Å². The Morgan fingerprint density at radius 3 is 1.79 bits per heavy atom. The van der Waals surface area contributed by atoms with Crippen LogP contribution >= 0.6 is 15.9 Å². The standard InChI is InChI=1S/C21H25BrO2/c1-20(2,3)15-9-7-14(8-10-15)19(23)24-18-12-11-16(13-17(18)22)21(4,5)6/h7-13H,1-6H3. The highest BCUT2D eigenvalue weighted by molar-refractivity contribution is 9.10. The number of benzene rings is 2. The Hall–Kier alpha value is -1.61. The maximum absolute atomic E-state index is 12.4. The summed E-state index contributed by atoms with van der Waals surface area (Å²) >= 11 is 3.50. The van der Waals surface area contributed by atoms with Gasteiger partial charge in [0.05, 0.1) is 10.0 Å². The third-order valence-corrected chi connectivity index (χ3v) is 4.61. The van der Waals surface area contributed by atoms with Gasteiger partial charge < -0.3 is 4.74 Å². The molecule has 0 saturated carbocycles. The van der Waals surface area contributed by atoms with Crippen LogP contribution in [0.2, 0.25) is 0 Å². The minimum absolute atomic E-state index is 0.0495. The summed E-state index contributed by atoms with van der Waals surface area (Å²) in [7, 11) is 0. The van der Waals surface area contributed by atoms with Crippen molar-refractivity contribution >= 4 is 21.9 Å². The summed E-state index contributed by atoms with van der Waals surface area (Å²) in [6.07, 6.45) is 0. The van der Waals surface area contributed by atoms with E-state index in [1.54, 1.807) is 0 Å². The van der Waals surface area contributed by atoms with Gasteiger partial charge in [0.25, 0.3) is 0 Å². The topological polar surface area (TPSA) is 26.3 Å². The van der Waals surface area contributed by atoms with Gasteiger partial charge in [-0.15, -0.1) is 0 Å². The second-order valence-corrected chi connectivity index (χ2v) is 8.97. The molecule has 0 bridgehead atoms. The molecule has 2 nitrogen and oxygen atoms in total. The maximum Gasteiger partial charge on any atom is 0.343 e. The number of halogens is 1. The fourth-order valence-electron chi connectivity index (χ4n) is 2.32. The van der Waals surface area contributed by atoms with Gasteiger partial charge in [0.15, 0.2) is 0 Å². The Morgan fingerprint density at radius 2 is 1.33 bits per heavy atom. The summed E-state index contributed by atoms with van der Waals surface area (Å²) in [5.74, 6) is 0.188. The lowest BCUT2D eigenvalue weighted by Gasteiger charge is -2.20. The molecular weight excluding hydrogens is 364 g/mol. The molecule has 0 amide bonds. The Morgan fingerprint density at radius 1 is 0.833 bits per heavy atom. The third-order valence-electron chi connectivity index (χ3n) is 3.99. The first-order valence-electron chi connectivity index (χ1n) is 8.11. The molecule has 0 saturated heterocycles. The molecule has 128 valence electrons. The van der Waals surface area contributed by atoms with Crippen molar-refractivity contribution < 1.29 is 9.53 Å². The van der Waals surface area contributed by atoms with Gasteiger partial charge in [0, 0.05) is 0 Å². The average Bonchev–Trinajstić information content (AvgIpc) is 2.47. The van der Waals surface area contributed by atoms with Crippen molar-refractivity contribution in [2.75, 3.05) is 0 Å². The van der Waals surface area contributed by atoms with Crippen LogP contribution in [0, 0.1) is 0 Å². The molecule has 0 fully saturated rings. The quantitative estimate of drug-likeness (QED) is 0.447. The van der Waals surface area contributed by atoms with Gasteiger partial charge in [-0.25, -0.2) is 4.79 Å². The van der Waals surface area contributed by atoms with Crippen LogP contribution in [0.3, 0.4) is 0 Å². The molecule has 0 aliphatic heterocycles. The van der Waals surface area contributed by atoms with Crippen molar-refractivity contribution in [1.82, 2.24) is 0 Å². The predicted molar refractivity (Wildman–Crippen MR) is 103 cm³/mol. The Kier molecular flexibility index (Phi) is 5.24. The molecule has 0 N–H and O–H groups in total. The summed E-state index contributed by atoms with van der Waals surface area (Å²) in [5.41, 5.74) is 3.04. The fourth-order valence-corrected chi connectivity index (χ4v) is 2.77. The minimum atomic E-state index is -0.348. The molecule has 3 heteroatoms. The summed E-state index contributed by atoms with van der Waals surface area (Å²) in [5, 5.41) is 0. The van der Waals surface area contributed by atoms with E-state index in [1.165, 1.54) is 11.1 Å². The molecule has 0 radical (unpaired) electrons. The predicted octanol–water partition coefficient (Wildman–Crippen LogP) is 6.26. The third kappa shape index (κ3) is 4.47. The van der Waals surface area contributed by atoms with Gasteiger partial charge in [-0.1, -0.05) is 59.7 Å². The zero-order valence-corrected chi connectivity index (χ0v) is 16.8. The lowest BCUT2D eigenvalue weighted by molar-refractivity contribution is 0.0733. The normalized spacial score (nSPS) is 12.1. The monoisotopic (exact) mass is 388 g/mol. The summed E-state index contributed by atoms with van der Waals surface area (Å²) in [6, 6.07) is 13.4. The number of hydrogen-bond donors (Lipinski definition) is 0. The molecule has 24 heavy (non-hydrogen) atoms. The van der Waals surface area contributed by atoms with E-state index in [0.29, 0.717) is 11.3 Å². The zero-order valence-electron chi connectivity index (χ0n) is 15.2. The minimum Gasteiger partial charge on any atom is -0.422 e. The summed E-state index contributed by atoms with van der Waals surface area (Å²) in [6.45, 7) is 12.9. The average molecular weight is 389 g/mol. The number of carbonyl (C=O) groups is 1. The highest BCUT2D eigenvalue weighted by Gasteiger charge is 2.18. The van der Waals surface area contributed by atoms with E-state index < -0.39 is 0 Å². The number of hydrogen-bond acceptors (Lipinski definition) is 2. The molecule has 0 aliphatic carbocycles. The van der Waals surface area contributed by atoms with E-state index in [1.807, 2.05) is 42.5 Å². The number of rotatable bonds is 2. The molecule has 0 aliphatic rings. The summed E-state index contributed by atoms with van der Waals surface area (Å²) in [4.78, 5) is 12.4. The van der Waals surface area contributed by atoms with Crippen molar-refractivity contribution in [1.29, 1.82) is 0 Å². The van der Waals surface area contributed by atoms with E-state index in [9.17, 15) is 4.79 Å². The van der Waals surface area contributed by atoms with Crippen LogP contribution in [0.5, 0.6) is 5.75 Å². The van der Waals surface area contributed by atoms with Crippen LogP contribution in [0.25, 0.3) is 0 Å². The van der Waals surface area contributed by atoms with Crippen LogP contribution in [-0.4, -0.2) is 5.97 Å². The highest BCUT2D eigenvalue weighted by atomic mass is 79.9. The van der Waals surface area contributed by atoms with E-state index in [0.717, 1.165) is 4.47 Å². The molecule has 2 rings (SSSR count). The second-order valence-electron chi connectivity index (χ2n) is 8.11. The van der Waals surface area contributed by atoms with Gasteiger partial charge >= 0.3 is 5.97 Å². The lowest BCUT2D eigenvalue weighted by Crippen LogP contribution is -2.13. The Bertz CT molecular complexity index is 732. The molecule has 0 aromatic heterocycles. The molecular formula is C21H25BrO2. The zero-order chi connectivity index (χ0) is 18.1. The van der Waals surface area contributed by atoms with Crippen LogP contribution in [0.1, 0.15) is 63.0 Å². The maximum atomic E-state index is 12.4.